The maximum Gasteiger partial charge on any atom is 0.331 e. The molecule has 5 nitrogen and oxygen atoms in total. The van der Waals surface area contributed by atoms with Crippen LogP contribution in [0.3, 0.4) is 0 Å². The van der Waals surface area contributed by atoms with Gasteiger partial charge in [0.05, 0.1) is 12.6 Å². The molecule has 2 atom stereocenters. The highest BCUT2D eigenvalue weighted by atomic mass is 16.3. The van der Waals surface area contributed by atoms with Crippen molar-refractivity contribution in [3.8, 4) is 5.75 Å². The van der Waals surface area contributed by atoms with Gasteiger partial charge in [-0.1, -0.05) is 67.6 Å². The minimum absolute atomic E-state index is 0.151. The van der Waals surface area contributed by atoms with Gasteiger partial charge in [0.1, 0.15) is 5.75 Å². The van der Waals surface area contributed by atoms with Crippen LogP contribution in [0.25, 0.3) is 0 Å². The van der Waals surface area contributed by atoms with E-state index in [9.17, 15) is 14.7 Å². The fraction of sp³-hybridized carbons (Fsp3) is 0.200. The Morgan fingerprint density at radius 3 is 2.20 bits per heavy atom. The van der Waals surface area contributed by atoms with E-state index in [0.29, 0.717) is 13.0 Å². The number of rotatable bonds is 5. The number of imide groups is 1. The van der Waals surface area contributed by atoms with Gasteiger partial charge < -0.3 is 5.11 Å². The van der Waals surface area contributed by atoms with Crippen molar-refractivity contribution in [3.05, 3.63) is 96.1 Å². The topological polar surface area (TPSA) is 60.9 Å². The lowest BCUT2D eigenvalue weighted by molar-refractivity contribution is -0.132. The fourth-order valence-corrected chi connectivity index (χ4v) is 3.91. The van der Waals surface area contributed by atoms with Gasteiger partial charge in [-0.3, -0.25) is 14.6 Å². The first kappa shape index (κ1) is 19.7. The van der Waals surface area contributed by atoms with Crippen LogP contribution in [0.15, 0.2) is 84.9 Å². The number of carbonyl (C=O) groups is 2. The van der Waals surface area contributed by atoms with E-state index in [-0.39, 0.29) is 23.6 Å². The molecule has 1 fully saturated rings. The van der Waals surface area contributed by atoms with Crippen molar-refractivity contribution in [2.45, 2.75) is 19.4 Å². The molecule has 3 amide bonds. The molecule has 1 N–H and O–H groups in total. The molecule has 1 aliphatic heterocycles. The van der Waals surface area contributed by atoms with E-state index < -0.39 is 6.04 Å². The van der Waals surface area contributed by atoms with E-state index >= 15 is 0 Å². The molecule has 0 unspecified atom stereocenters. The Morgan fingerprint density at radius 1 is 0.967 bits per heavy atom. The van der Waals surface area contributed by atoms with Gasteiger partial charge in [-0.15, -0.1) is 0 Å². The minimum Gasteiger partial charge on any atom is -0.508 e. The monoisotopic (exact) mass is 400 g/mol. The average molecular weight is 400 g/mol. The molecule has 3 aromatic carbocycles. The lowest BCUT2D eigenvalue weighted by Crippen LogP contribution is -2.40. The molecule has 0 aliphatic carbocycles. The third kappa shape index (κ3) is 3.92. The Bertz CT molecular complexity index is 1020. The number of anilines is 1. The summed E-state index contributed by atoms with van der Waals surface area (Å²) < 4.78 is 0. The summed E-state index contributed by atoms with van der Waals surface area (Å²) in [6.07, 6.45) is 0.567. The molecule has 30 heavy (non-hydrogen) atoms. The van der Waals surface area contributed by atoms with Crippen LogP contribution in [0.5, 0.6) is 5.75 Å². The average Bonchev–Trinajstić information content (AvgIpc) is 3.12. The van der Waals surface area contributed by atoms with Crippen molar-refractivity contribution in [1.82, 2.24) is 4.90 Å². The number of para-hydroxylation sites is 1. The number of aromatic hydroxyl groups is 1. The second-order valence-corrected chi connectivity index (χ2v) is 7.64. The molecule has 1 heterocycles. The Kier molecular flexibility index (Phi) is 5.53. The molecular formula is C25H24N2O3. The Labute approximate surface area is 176 Å². The summed E-state index contributed by atoms with van der Waals surface area (Å²) in [4.78, 5) is 29.8. The summed E-state index contributed by atoms with van der Waals surface area (Å²) in [6.45, 7) is 2.24. The van der Waals surface area contributed by atoms with Gasteiger partial charge in [-0.2, -0.15) is 0 Å². The van der Waals surface area contributed by atoms with E-state index in [1.807, 2.05) is 67.6 Å². The van der Waals surface area contributed by atoms with Crippen LogP contribution in [0, 0.1) is 5.92 Å². The Balaban J connectivity index is 1.65. The normalized spacial score (nSPS) is 17.2. The van der Waals surface area contributed by atoms with Crippen LogP contribution < -0.4 is 4.90 Å². The number of benzene rings is 3. The second-order valence-electron chi connectivity index (χ2n) is 7.64. The van der Waals surface area contributed by atoms with Crippen LogP contribution in [0.1, 0.15) is 24.1 Å². The number of phenols is 1. The van der Waals surface area contributed by atoms with Crippen LogP contribution in [0.2, 0.25) is 0 Å². The smallest absolute Gasteiger partial charge is 0.331 e. The van der Waals surface area contributed by atoms with E-state index in [4.69, 9.17) is 0 Å². The van der Waals surface area contributed by atoms with Gasteiger partial charge >= 0.3 is 6.03 Å². The first-order valence-electron chi connectivity index (χ1n) is 10.1. The largest absolute Gasteiger partial charge is 0.508 e. The molecule has 152 valence electrons. The number of urea groups is 1. The maximum absolute atomic E-state index is 13.4. The molecule has 3 aromatic rings. The van der Waals surface area contributed by atoms with E-state index in [0.717, 1.165) is 16.8 Å². The highest BCUT2D eigenvalue weighted by molar-refractivity contribution is 6.06. The zero-order valence-corrected chi connectivity index (χ0v) is 16.8. The van der Waals surface area contributed by atoms with Crippen LogP contribution in [0.4, 0.5) is 10.5 Å². The van der Waals surface area contributed by atoms with Crippen molar-refractivity contribution in [2.75, 3.05) is 11.4 Å². The van der Waals surface area contributed by atoms with Crippen molar-refractivity contribution >= 4 is 17.6 Å². The fourth-order valence-electron chi connectivity index (χ4n) is 3.91. The quantitative estimate of drug-likeness (QED) is 0.670. The first-order valence-corrected chi connectivity index (χ1v) is 10.1. The third-order valence-electron chi connectivity index (χ3n) is 5.49. The predicted octanol–water partition coefficient (Wildman–Crippen LogP) is 4.78. The SMILES string of the molecule is C[C@@H](Cc1ccccc1)C(=O)N1C(=O)N(c2ccccc2)C[C@@H]1c1ccc(O)cc1. The van der Waals surface area contributed by atoms with E-state index in [2.05, 4.69) is 0 Å². The second kappa shape index (κ2) is 8.41. The molecule has 0 spiro atoms. The van der Waals surface area contributed by atoms with Gasteiger partial charge in [0, 0.05) is 11.6 Å². The number of hydrogen-bond donors (Lipinski definition) is 1. The van der Waals surface area contributed by atoms with Crippen LogP contribution in [-0.4, -0.2) is 28.5 Å². The van der Waals surface area contributed by atoms with Gasteiger partial charge in [-0.05, 0) is 41.8 Å². The Morgan fingerprint density at radius 2 is 1.57 bits per heavy atom. The predicted molar refractivity (Wildman–Crippen MR) is 116 cm³/mol. The summed E-state index contributed by atoms with van der Waals surface area (Å²) in [5, 5.41) is 9.65. The van der Waals surface area contributed by atoms with Crippen molar-refractivity contribution in [3.63, 3.8) is 0 Å². The highest BCUT2D eigenvalue weighted by Crippen LogP contribution is 2.35. The van der Waals surface area contributed by atoms with Gasteiger partial charge in [0.15, 0.2) is 0 Å². The molecule has 0 radical (unpaired) electrons. The first-order chi connectivity index (χ1) is 14.5. The number of nitrogens with zero attached hydrogens (tertiary/aromatic N) is 2. The van der Waals surface area contributed by atoms with Crippen molar-refractivity contribution in [2.24, 2.45) is 5.92 Å². The summed E-state index contributed by atoms with van der Waals surface area (Å²) >= 11 is 0. The van der Waals surface area contributed by atoms with E-state index in [1.165, 1.54) is 4.90 Å². The number of amides is 3. The molecule has 1 aliphatic rings. The molecule has 0 bridgehead atoms. The highest BCUT2D eigenvalue weighted by Gasteiger charge is 2.43. The number of carbonyl (C=O) groups excluding carboxylic acids is 2. The molecule has 0 aromatic heterocycles. The summed E-state index contributed by atoms with van der Waals surface area (Å²) in [6, 6.07) is 25.2. The molecule has 1 saturated heterocycles. The molecular weight excluding hydrogens is 376 g/mol. The molecule has 0 saturated carbocycles. The molecule has 4 rings (SSSR count). The lowest BCUT2D eigenvalue weighted by Gasteiger charge is -2.25. The van der Waals surface area contributed by atoms with Gasteiger partial charge in [0.2, 0.25) is 5.91 Å². The third-order valence-corrected chi connectivity index (χ3v) is 5.49. The summed E-state index contributed by atoms with van der Waals surface area (Å²) in [7, 11) is 0. The van der Waals surface area contributed by atoms with Crippen molar-refractivity contribution < 1.29 is 14.7 Å². The van der Waals surface area contributed by atoms with Crippen LogP contribution >= 0.6 is 0 Å². The van der Waals surface area contributed by atoms with Gasteiger partial charge in [-0.25, -0.2) is 4.79 Å². The maximum atomic E-state index is 13.4. The number of hydrogen-bond acceptors (Lipinski definition) is 3. The van der Waals surface area contributed by atoms with Crippen molar-refractivity contribution in [1.29, 1.82) is 0 Å². The zero-order chi connectivity index (χ0) is 21.1. The van der Waals surface area contributed by atoms with Crippen LogP contribution in [-0.2, 0) is 11.2 Å². The standard InChI is InChI=1S/C25H24N2O3/c1-18(16-19-8-4-2-5-9-19)24(29)27-23(20-12-14-22(28)15-13-20)17-26(25(27)30)21-10-6-3-7-11-21/h2-15,18,23,28H,16-17H2,1H3/t18-,23+/m0/s1. The van der Waals surface area contributed by atoms with E-state index in [1.54, 1.807) is 29.2 Å². The van der Waals surface area contributed by atoms with Gasteiger partial charge in [0.25, 0.3) is 0 Å². The number of phenolic OH excluding ortho intramolecular Hbond substituents is 1. The summed E-state index contributed by atoms with van der Waals surface area (Å²) in [5.74, 6) is -0.384. The Hall–Kier alpha value is -3.60. The summed E-state index contributed by atoms with van der Waals surface area (Å²) in [5.41, 5.74) is 2.64. The minimum atomic E-state index is -0.413. The zero-order valence-electron chi connectivity index (χ0n) is 16.8. The lowest BCUT2D eigenvalue weighted by atomic mass is 9.98. The molecule has 5 heteroatoms.